The predicted octanol–water partition coefficient (Wildman–Crippen LogP) is 2.67. The van der Waals surface area contributed by atoms with Gasteiger partial charge in [-0.25, -0.2) is 0 Å². The number of halogens is 1. The summed E-state index contributed by atoms with van der Waals surface area (Å²) >= 11 is 6.02. The van der Waals surface area contributed by atoms with Crippen LogP contribution >= 0.6 is 11.6 Å². The first-order valence-corrected chi connectivity index (χ1v) is 6.48. The van der Waals surface area contributed by atoms with Gasteiger partial charge in [0.2, 0.25) is 0 Å². The van der Waals surface area contributed by atoms with E-state index in [4.69, 9.17) is 22.5 Å². The lowest BCUT2D eigenvalue weighted by Gasteiger charge is -2.32. The Bertz CT molecular complexity index is 458. The van der Waals surface area contributed by atoms with Gasteiger partial charge in [0.05, 0.1) is 0 Å². The molecule has 0 radical (unpaired) electrons. The summed E-state index contributed by atoms with van der Waals surface area (Å²) in [4.78, 5) is 2.13. The fourth-order valence-corrected chi connectivity index (χ4v) is 2.42. The highest BCUT2D eigenvalue weighted by atomic mass is 35.5. The molecule has 0 aromatic heterocycles. The number of nitrogens with two attached hydrogens (primary N) is 1. The predicted molar refractivity (Wildman–Crippen MR) is 74.6 cm³/mol. The molecule has 0 atom stereocenters. The van der Waals surface area contributed by atoms with Crippen LogP contribution < -0.4 is 10.6 Å². The Morgan fingerprint density at radius 2 is 2.28 bits per heavy atom. The zero-order chi connectivity index (χ0) is 13.1. The molecule has 1 aliphatic rings. The van der Waals surface area contributed by atoms with Gasteiger partial charge in [-0.1, -0.05) is 23.2 Å². The molecule has 98 valence electrons. The average Bonchev–Trinajstić information content (AvgIpc) is 2.32. The van der Waals surface area contributed by atoms with Gasteiger partial charge in [0, 0.05) is 29.9 Å². The third kappa shape index (κ3) is 2.70. The van der Waals surface area contributed by atoms with Crippen LogP contribution in [-0.2, 0) is 0 Å². The molecule has 1 saturated carbocycles. The Hall–Kier alpha value is -1.42. The fraction of sp³-hybridized carbons (Fsp3) is 0.462. The number of hydrogen-bond donors (Lipinski definition) is 2. The Morgan fingerprint density at radius 1 is 1.56 bits per heavy atom. The molecule has 0 heterocycles. The van der Waals surface area contributed by atoms with Crippen LogP contribution in [-0.4, -0.2) is 24.6 Å². The third-order valence-corrected chi connectivity index (χ3v) is 3.75. The van der Waals surface area contributed by atoms with Crippen molar-refractivity contribution in [1.82, 2.24) is 0 Å². The molecule has 2 rings (SSSR count). The van der Waals surface area contributed by atoms with Gasteiger partial charge in [0.1, 0.15) is 0 Å². The summed E-state index contributed by atoms with van der Waals surface area (Å²) in [5.74, 6) is 0.858. The first-order valence-electron chi connectivity index (χ1n) is 6.10. The SMILES string of the molecule is CN(CC1CCC1)c1cc(Cl)ccc1C(N)=NO. The van der Waals surface area contributed by atoms with Gasteiger partial charge in [-0.3, -0.25) is 0 Å². The van der Waals surface area contributed by atoms with Crippen molar-refractivity contribution >= 4 is 23.1 Å². The number of hydrogen-bond acceptors (Lipinski definition) is 3. The molecule has 0 bridgehead atoms. The fourth-order valence-electron chi connectivity index (χ4n) is 2.25. The summed E-state index contributed by atoms with van der Waals surface area (Å²) in [5.41, 5.74) is 7.31. The van der Waals surface area contributed by atoms with Crippen molar-refractivity contribution in [3.63, 3.8) is 0 Å². The van der Waals surface area contributed by atoms with Crippen molar-refractivity contribution < 1.29 is 5.21 Å². The van der Waals surface area contributed by atoms with Crippen LogP contribution in [0, 0.1) is 5.92 Å². The lowest BCUT2D eigenvalue weighted by atomic mass is 9.85. The smallest absolute Gasteiger partial charge is 0.172 e. The average molecular weight is 268 g/mol. The zero-order valence-corrected chi connectivity index (χ0v) is 11.2. The van der Waals surface area contributed by atoms with Crippen molar-refractivity contribution in [2.24, 2.45) is 16.8 Å². The molecule has 18 heavy (non-hydrogen) atoms. The summed E-state index contributed by atoms with van der Waals surface area (Å²) in [6.07, 6.45) is 3.88. The summed E-state index contributed by atoms with van der Waals surface area (Å²) in [5, 5.41) is 12.5. The van der Waals surface area contributed by atoms with Crippen molar-refractivity contribution in [1.29, 1.82) is 0 Å². The Kier molecular flexibility index (Phi) is 3.97. The molecule has 3 N–H and O–H groups in total. The number of rotatable bonds is 4. The highest BCUT2D eigenvalue weighted by Gasteiger charge is 2.21. The van der Waals surface area contributed by atoms with Crippen LogP contribution in [0.5, 0.6) is 0 Å². The highest BCUT2D eigenvalue weighted by Crippen LogP contribution is 2.30. The Labute approximate surface area is 112 Å². The van der Waals surface area contributed by atoms with Gasteiger partial charge in [0.25, 0.3) is 0 Å². The van der Waals surface area contributed by atoms with Gasteiger partial charge in [-0.2, -0.15) is 0 Å². The van der Waals surface area contributed by atoms with Gasteiger partial charge >= 0.3 is 0 Å². The number of oxime groups is 1. The first kappa shape index (κ1) is 13.0. The molecule has 1 aromatic rings. The minimum atomic E-state index is 0.113. The van der Waals surface area contributed by atoms with Crippen LogP contribution in [0.1, 0.15) is 24.8 Å². The van der Waals surface area contributed by atoms with E-state index < -0.39 is 0 Å². The van der Waals surface area contributed by atoms with Gasteiger partial charge in [0.15, 0.2) is 5.84 Å². The van der Waals surface area contributed by atoms with Crippen LogP contribution in [0.2, 0.25) is 5.02 Å². The topological polar surface area (TPSA) is 61.8 Å². The molecule has 0 unspecified atom stereocenters. The van der Waals surface area contributed by atoms with Crippen molar-refractivity contribution in [3.05, 3.63) is 28.8 Å². The van der Waals surface area contributed by atoms with Gasteiger partial charge in [-0.15, -0.1) is 0 Å². The molecule has 1 fully saturated rings. The maximum absolute atomic E-state index is 8.81. The number of anilines is 1. The van der Waals surface area contributed by atoms with Crippen molar-refractivity contribution in [2.75, 3.05) is 18.5 Å². The normalized spacial score (nSPS) is 16.4. The van der Waals surface area contributed by atoms with E-state index in [1.54, 1.807) is 12.1 Å². The number of nitrogens with zero attached hydrogens (tertiary/aromatic N) is 2. The molecule has 5 heteroatoms. The van der Waals surface area contributed by atoms with Crippen molar-refractivity contribution in [3.8, 4) is 0 Å². The standard InChI is InChI=1S/C13H18ClN3O/c1-17(8-9-3-2-4-9)12-7-10(14)5-6-11(12)13(15)16-18/h5-7,9,18H,2-4,8H2,1H3,(H2,15,16). The van der Waals surface area contributed by atoms with Crippen LogP contribution in [0.15, 0.2) is 23.4 Å². The van der Waals surface area contributed by atoms with E-state index in [-0.39, 0.29) is 5.84 Å². The zero-order valence-electron chi connectivity index (χ0n) is 10.4. The van der Waals surface area contributed by atoms with E-state index in [9.17, 15) is 0 Å². The van der Waals surface area contributed by atoms with Gasteiger partial charge in [-0.05, 0) is 37.0 Å². The van der Waals surface area contributed by atoms with Crippen LogP contribution in [0.3, 0.4) is 0 Å². The maximum atomic E-state index is 8.81. The number of benzene rings is 1. The maximum Gasteiger partial charge on any atom is 0.172 e. The second-order valence-corrected chi connectivity index (χ2v) is 5.26. The Balaban J connectivity index is 2.25. The van der Waals surface area contributed by atoms with Crippen LogP contribution in [0.4, 0.5) is 5.69 Å². The third-order valence-electron chi connectivity index (χ3n) is 3.51. The summed E-state index contributed by atoms with van der Waals surface area (Å²) in [6.45, 7) is 0.978. The lowest BCUT2D eigenvalue weighted by Crippen LogP contribution is -2.31. The lowest BCUT2D eigenvalue weighted by molar-refractivity contribution is 0.318. The highest BCUT2D eigenvalue weighted by molar-refractivity contribution is 6.31. The molecule has 0 saturated heterocycles. The van der Waals surface area contributed by atoms with E-state index in [1.165, 1.54) is 19.3 Å². The molecule has 4 nitrogen and oxygen atoms in total. The molecule has 1 aliphatic carbocycles. The second kappa shape index (κ2) is 5.48. The summed E-state index contributed by atoms with van der Waals surface area (Å²) in [6, 6.07) is 5.38. The first-order chi connectivity index (χ1) is 8.61. The molecule has 0 amide bonds. The largest absolute Gasteiger partial charge is 0.409 e. The molecular formula is C13H18ClN3O. The summed E-state index contributed by atoms with van der Waals surface area (Å²) < 4.78 is 0. The van der Waals surface area contributed by atoms with E-state index in [2.05, 4.69) is 10.1 Å². The van der Waals surface area contributed by atoms with E-state index in [1.807, 2.05) is 13.1 Å². The number of amidine groups is 1. The van der Waals surface area contributed by atoms with Crippen LogP contribution in [0.25, 0.3) is 0 Å². The van der Waals surface area contributed by atoms with Gasteiger partial charge < -0.3 is 15.8 Å². The molecule has 0 spiro atoms. The minimum Gasteiger partial charge on any atom is -0.409 e. The van der Waals surface area contributed by atoms with Crippen molar-refractivity contribution in [2.45, 2.75) is 19.3 Å². The Morgan fingerprint density at radius 3 is 2.83 bits per heavy atom. The second-order valence-electron chi connectivity index (χ2n) is 4.82. The van der Waals surface area contributed by atoms with E-state index in [0.29, 0.717) is 10.6 Å². The summed E-state index contributed by atoms with van der Waals surface area (Å²) in [7, 11) is 2.01. The minimum absolute atomic E-state index is 0.113. The monoisotopic (exact) mass is 267 g/mol. The molecule has 1 aromatic carbocycles. The van der Waals surface area contributed by atoms with E-state index >= 15 is 0 Å². The molecular weight excluding hydrogens is 250 g/mol. The van der Waals surface area contributed by atoms with E-state index in [0.717, 1.165) is 18.2 Å². The quantitative estimate of drug-likeness (QED) is 0.382. The molecule has 0 aliphatic heterocycles.